The number of amides is 1. The molecule has 0 aliphatic heterocycles. The molecule has 2 aromatic rings. The maximum absolute atomic E-state index is 13.3. The lowest BCUT2D eigenvalue weighted by molar-refractivity contribution is -0.211. The highest BCUT2D eigenvalue weighted by molar-refractivity contribution is 7.91. The molecule has 1 amide bonds. The Morgan fingerprint density at radius 2 is 1.85 bits per heavy atom. The molecule has 0 spiro atoms. The van der Waals surface area contributed by atoms with Crippen LogP contribution in [0.2, 0.25) is 5.02 Å². The maximum Gasteiger partial charge on any atom is 0.394 e. The highest BCUT2D eigenvalue weighted by Crippen LogP contribution is 2.42. The van der Waals surface area contributed by atoms with Crippen molar-refractivity contribution in [3.8, 4) is 17.0 Å². The first-order valence-electron chi connectivity index (χ1n) is 12.1. The third-order valence-corrected chi connectivity index (χ3v) is 8.98. The number of ether oxygens (including phenoxy) is 1. The number of halogens is 6. The first-order chi connectivity index (χ1) is 17.9. The van der Waals surface area contributed by atoms with Crippen LogP contribution in [-0.4, -0.2) is 59.9 Å². The molecule has 1 saturated carbocycles. The lowest BCUT2D eigenvalue weighted by Gasteiger charge is -2.27. The largest absolute Gasteiger partial charge is 0.434 e. The predicted molar refractivity (Wildman–Crippen MR) is 135 cm³/mol. The zero-order chi connectivity index (χ0) is 29.3. The molecule has 0 unspecified atom stereocenters. The van der Waals surface area contributed by atoms with Crippen molar-refractivity contribution in [1.29, 1.82) is 0 Å². The third-order valence-electron chi connectivity index (χ3n) is 6.94. The van der Waals surface area contributed by atoms with Crippen molar-refractivity contribution in [2.75, 3.05) is 12.8 Å². The Kier molecular flexibility index (Phi) is 9.20. The summed E-state index contributed by atoms with van der Waals surface area (Å²) in [5.74, 6) is -1.02. The van der Waals surface area contributed by atoms with Gasteiger partial charge in [-0.15, -0.1) is 0 Å². The maximum atomic E-state index is 13.3. The number of hydrogen-bond donors (Lipinski definition) is 1. The second-order valence-corrected chi connectivity index (χ2v) is 13.1. The van der Waals surface area contributed by atoms with Gasteiger partial charge < -0.3 is 10.1 Å². The van der Waals surface area contributed by atoms with E-state index in [1.165, 1.54) is 18.0 Å². The van der Waals surface area contributed by atoms with Crippen LogP contribution in [0.3, 0.4) is 0 Å². The molecule has 0 radical (unpaired) electrons. The zero-order valence-electron chi connectivity index (χ0n) is 21.8. The summed E-state index contributed by atoms with van der Waals surface area (Å²) in [6.07, 6.45) is -0.622. The van der Waals surface area contributed by atoms with E-state index in [2.05, 4.69) is 20.1 Å². The van der Waals surface area contributed by atoms with Crippen molar-refractivity contribution in [3.05, 3.63) is 28.7 Å². The fourth-order valence-corrected chi connectivity index (χ4v) is 6.00. The summed E-state index contributed by atoms with van der Waals surface area (Å²) in [7, 11) is -1.70. The molecule has 15 heteroatoms. The topological polar surface area (TPSA) is 103 Å². The van der Waals surface area contributed by atoms with Gasteiger partial charge in [0.25, 0.3) is 5.91 Å². The SMILES string of the molecule is Cn1nc(C(=O)NCC2CCC(S(C)(=O)=O)CC2)c(Cl)c1-c1cnc(CC(C)(C)C(F)(F)F)cc1OC(F)F. The minimum absolute atomic E-state index is 0.0141. The van der Waals surface area contributed by atoms with Crippen LogP contribution < -0.4 is 10.1 Å². The molecule has 1 fully saturated rings. The molecule has 39 heavy (non-hydrogen) atoms. The van der Waals surface area contributed by atoms with Crippen LogP contribution in [0.1, 0.15) is 55.7 Å². The minimum Gasteiger partial charge on any atom is -0.434 e. The Morgan fingerprint density at radius 1 is 1.23 bits per heavy atom. The number of carbonyl (C=O) groups is 1. The molecular weight excluding hydrogens is 571 g/mol. The molecule has 8 nitrogen and oxygen atoms in total. The van der Waals surface area contributed by atoms with Gasteiger partial charge in [-0.3, -0.25) is 14.5 Å². The highest BCUT2D eigenvalue weighted by atomic mass is 35.5. The van der Waals surface area contributed by atoms with Gasteiger partial charge in [0.05, 0.1) is 26.9 Å². The third kappa shape index (κ3) is 7.38. The summed E-state index contributed by atoms with van der Waals surface area (Å²) in [4.78, 5) is 16.9. The average molecular weight is 601 g/mol. The predicted octanol–water partition coefficient (Wildman–Crippen LogP) is 5.20. The van der Waals surface area contributed by atoms with Crippen molar-refractivity contribution in [1.82, 2.24) is 20.1 Å². The lowest BCUT2D eigenvalue weighted by atomic mass is 9.86. The summed E-state index contributed by atoms with van der Waals surface area (Å²) in [6.45, 7) is -1.09. The van der Waals surface area contributed by atoms with E-state index >= 15 is 0 Å². The monoisotopic (exact) mass is 600 g/mol. The van der Waals surface area contributed by atoms with Gasteiger partial charge >= 0.3 is 12.8 Å². The Bertz CT molecular complexity index is 1310. The molecule has 1 aliphatic rings. The van der Waals surface area contributed by atoms with E-state index in [4.69, 9.17) is 11.6 Å². The summed E-state index contributed by atoms with van der Waals surface area (Å²) in [5.41, 5.74) is -2.56. The Hall–Kier alpha value is -2.48. The number of pyridine rings is 1. The molecule has 2 heterocycles. The lowest BCUT2D eigenvalue weighted by Crippen LogP contribution is -2.34. The molecule has 0 saturated heterocycles. The number of aromatic nitrogens is 3. The smallest absolute Gasteiger partial charge is 0.394 e. The van der Waals surface area contributed by atoms with Gasteiger partial charge in [-0.1, -0.05) is 25.4 Å². The second kappa shape index (κ2) is 11.6. The van der Waals surface area contributed by atoms with E-state index in [9.17, 15) is 35.2 Å². The number of nitrogens with one attached hydrogen (secondary N) is 1. The van der Waals surface area contributed by atoms with Gasteiger partial charge in [-0.25, -0.2) is 8.42 Å². The molecule has 0 atom stereocenters. The molecule has 1 N–H and O–H groups in total. The van der Waals surface area contributed by atoms with Gasteiger partial charge in [0, 0.05) is 44.2 Å². The summed E-state index contributed by atoms with van der Waals surface area (Å²) < 4.78 is 95.6. The first kappa shape index (κ1) is 31.1. The second-order valence-electron chi connectivity index (χ2n) is 10.4. The highest BCUT2D eigenvalue weighted by Gasteiger charge is 2.47. The van der Waals surface area contributed by atoms with E-state index in [-0.39, 0.29) is 45.4 Å². The van der Waals surface area contributed by atoms with Crippen LogP contribution in [0.4, 0.5) is 22.0 Å². The van der Waals surface area contributed by atoms with Gasteiger partial charge in [0.2, 0.25) is 0 Å². The molecular formula is C24H30ClF5N4O4S. The Morgan fingerprint density at radius 3 is 2.38 bits per heavy atom. The van der Waals surface area contributed by atoms with Crippen LogP contribution in [0.5, 0.6) is 5.75 Å². The number of alkyl halides is 5. The van der Waals surface area contributed by atoms with Crippen LogP contribution in [-0.2, 0) is 23.3 Å². The molecule has 0 bridgehead atoms. The summed E-state index contributed by atoms with van der Waals surface area (Å²) >= 11 is 6.43. The van der Waals surface area contributed by atoms with Crippen LogP contribution >= 0.6 is 11.6 Å². The standard InChI is InChI=1S/C24H30ClF5N4O4S/c1-23(2,24(28,29)30)10-14-9-17(38-22(26)27)16(12-31-14)20-18(25)19(33-34(20)3)21(35)32-11-13-5-7-15(8-6-13)39(4,36)37/h9,12-13,15,22H,5-8,10-11H2,1-4H3,(H,32,35). The number of hydrogen-bond acceptors (Lipinski definition) is 6. The first-order valence-corrected chi connectivity index (χ1v) is 14.4. The number of aryl methyl sites for hydroxylation is 1. The van der Waals surface area contributed by atoms with E-state index < -0.39 is 46.1 Å². The van der Waals surface area contributed by atoms with Crippen molar-refractivity contribution in [3.63, 3.8) is 0 Å². The number of rotatable bonds is 9. The molecule has 0 aromatic carbocycles. The number of sulfone groups is 1. The number of carbonyl (C=O) groups excluding carboxylic acids is 1. The molecule has 2 aromatic heterocycles. The van der Waals surface area contributed by atoms with E-state index in [0.717, 1.165) is 26.1 Å². The minimum atomic E-state index is -4.56. The fourth-order valence-electron chi connectivity index (χ4n) is 4.52. The molecule has 1 aliphatic carbocycles. The summed E-state index contributed by atoms with van der Waals surface area (Å²) in [6, 6.07) is 0.991. The Labute approximate surface area is 228 Å². The van der Waals surface area contributed by atoms with E-state index in [1.807, 2.05) is 0 Å². The zero-order valence-corrected chi connectivity index (χ0v) is 23.4. The number of nitrogens with zero attached hydrogens (tertiary/aromatic N) is 3. The quantitative estimate of drug-likeness (QED) is 0.397. The molecule has 3 rings (SSSR count). The van der Waals surface area contributed by atoms with Crippen LogP contribution in [0.15, 0.2) is 12.3 Å². The van der Waals surface area contributed by atoms with Gasteiger partial charge in [0.1, 0.15) is 15.6 Å². The Balaban J connectivity index is 1.82. The van der Waals surface area contributed by atoms with Crippen LogP contribution in [0, 0.1) is 11.3 Å². The van der Waals surface area contributed by atoms with Crippen molar-refractivity contribution in [2.45, 2.75) is 64.0 Å². The summed E-state index contributed by atoms with van der Waals surface area (Å²) in [5, 5.41) is 6.26. The van der Waals surface area contributed by atoms with Crippen molar-refractivity contribution >= 4 is 27.3 Å². The molecule has 218 valence electrons. The van der Waals surface area contributed by atoms with E-state index in [1.54, 1.807) is 0 Å². The van der Waals surface area contributed by atoms with E-state index in [0.29, 0.717) is 25.7 Å². The van der Waals surface area contributed by atoms with Crippen molar-refractivity contribution < 1.29 is 39.9 Å². The van der Waals surface area contributed by atoms with Crippen molar-refractivity contribution in [2.24, 2.45) is 18.4 Å². The van der Waals surface area contributed by atoms with Gasteiger partial charge in [0.15, 0.2) is 5.69 Å². The average Bonchev–Trinajstić information content (AvgIpc) is 3.10. The van der Waals surface area contributed by atoms with Crippen LogP contribution in [0.25, 0.3) is 11.3 Å². The normalized spacial score (nSPS) is 18.8. The fraction of sp³-hybridized carbons (Fsp3) is 0.625. The van der Waals surface area contributed by atoms with Gasteiger partial charge in [-0.2, -0.15) is 27.1 Å². The van der Waals surface area contributed by atoms with Gasteiger partial charge in [-0.05, 0) is 31.6 Å².